The van der Waals surface area contributed by atoms with Gasteiger partial charge < -0.3 is 25.1 Å². The molecule has 0 saturated carbocycles. The van der Waals surface area contributed by atoms with Crippen molar-refractivity contribution in [1.29, 1.82) is 0 Å². The number of esters is 1. The lowest BCUT2D eigenvalue weighted by Gasteiger charge is -2.15. The number of methoxy groups -OCH3 is 1. The van der Waals surface area contributed by atoms with Crippen LogP contribution in [-0.4, -0.2) is 35.2 Å². The van der Waals surface area contributed by atoms with Crippen LogP contribution in [0.4, 0.5) is 8.78 Å². The van der Waals surface area contributed by atoms with Crippen LogP contribution >= 0.6 is 0 Å². The monoisotopic (exact) mass is 548 g/mol. The van der Waals surface area contributed by atoms with Crippen LogP contribution in [0.1, 0.15) is 29.3 Å². The van der Waals surface area contributed by atoms with Gasteiger partial charge in [-0.2, -0.15) is 4.98 Å². The number of benzene rings is 3. The molecule has 1 heterocycles. The van der Waals surface area contributed by atoms with E-state index < -0.39 is 41.4 Å². The fraction of sp³-hybridized carbons (Fsp3) is 0.167. The van der Waals surface area contributed by atoms with E-state index in [0.29, 0.717) is 34.9 Å². The Balaban J connectivity index is 1.81. The number of aromatic nitrogens is 1. The van der Waals surface area contributed by atoms with E-state index >= 15 is 0 Å². The minimum atomic E-state index is -1.38. The zero-order valence-electron chi connectivity index (χ0n) is 21.7. The first-order valence-electron chi connectivity index (χ1n) is 12.3. The van der Waals surface area contributed by atoms with Crippen LogP contribution in [0, 0.1) is 11.6 Å². The van der Waals surface area contributed by atoms with Gasteiger partial charge in [-0.3, -0.25) is 0 Å². The minimum Gasteiger partial charge on any atom is -0.479 e. The third-order valence-electron chi connectivity index (χ3n) is 6.00. The number of rotatable bonds is 10. The van der Waals surface area contributed by atoms with Crippen LogP contribution in [0.3, 0.4) is 0 Å². The highest BCUT2D eigenvalue weighted by molar-refractivity contribution is 5.91. The number of nitrogens with two attached hydrogens (primary N) is 1. The summed E-state index contributed by atoms with van der Waals surface area (Å²) in [5.74, 6) is -5.29. The second-order valence-electron chi connectivity index (χ2n) is 8.74. The molecule has 3 N–H and O–H groups in total. The van der Waals surface area contributed by atoms with Gasteiger partial charge in [0, 0.05) is 12.6 Å². The fourth-order valence-electron chi connectivity index (χ4n) is 3.96. The molecule has 4 rings (SSSR count). The summed E-state index contributed by atoms with van der Waals surface area (Å²) in [7, 11) is 1.29. The van der Waals surface area contributed by atoms with Crippen molar-refractivity contribution in [2.75, 3.05) is 7.11 Å². The predicted octanol–water partition coefficient (Wildman–Crippen LogP) is 5.97. The SMILES string of the molecule is CC[C@@H](Oc1nc(Oc2cc(-c3cccc(CN)c3)cc(-c3cccc(C(=O)OC)c3)c2)c(F)cc1F)C(=O)O. The third kappa shape index (κ3) is 6.41. The molecule has 0 amide bonds. The van der Waals surface area contributed by atoms with E-state index in [1.165, 1.54) is 7.11 Å². The molecule has 0 radical (unpaired) electrons. The molecule has 4 aromatic rings. The summed E-state index contributed by atoms with van der Waals surface area (Å²) < 4.78 is 44.9. The molecule has 8 nitrogen and oxygen atoms in total. The van der Waals surface area contributed by atoms with Gasteiger partial charge in [0.1, 0.15) is 5.75 Å². The maximum atomic E-state index is 14.8. The van der Waals surface area contributed by atoms with E-state index in [0.717, 1.165) is 11.1 Å². The largest absolute Gasteiger partial charge is 0.479 e. The first-order chi connectivity index (χ1) is 19.2. The van der Waals surface area contributed by atoms with Crippen LogP contribution in [0.15, 0.2) is 72.8 Å². The molecule has 206 valence electrons. The third-order valence-corrected chi connectivity index (χ3v) is 6.00. The van der Waals surface area contributed by atoms with Crippen LogP contribution in [0.5, 0.6) is 17.5 Å². The molecule has 0 unspecified atom stereocenters. The summed E-state index contributed by atoms with van der Waals surface area (Å²) in [6, 6.07) is 19.8. The summed E-state index contributed by atoms with van der Waals surface area (Å²) in [4.78, 5) is 27.2. The molecule has 0 aliphatic carbocycles. The second-order valence-corrected chi connectivity index (χ2v) is 8.74. The maximum absolute atomic E-state index is 14.8. The number of halogens is 2. The molecule has 0 fully saturated rings. The van der Waals surface area contributed by atoms with Crippen LogP contribution in [0.25, 0.3) is 22.3 Å². The molecule has 3 aromatic carbocycles. The van der Waals surface area contributed by atoms with Crippen molar-refractivity contribution >= 4 is 11.9 Å². The number of carboxylic acids is 1. The van der Waals surface area contributed by atoms with Gasteiger partial charge in [0.05, 0.1) is 12.7 Å². The van der Waals surface area contributed by atoms with Crippen molar-refractivity contribution in [2.45, 2.75) is 26.0 Å². The van der Waals surface area contributed by atoms with E-state index in [4.69, 9.17) is 19.9 Å². The molecule has 1 atom stereocenters. The van der Waals surface area contributed by atoms with Crippen LogP contribution in [0.2, 0.25) is 0 Å². The van der Waals surface area contributed by atoms with Gasteiger partial charge in [0.25, 0.3) is 11.8 Å². The first-order valence-corrected chi connectivity index (χ1v) is 12.3. The van der Waals surface area contributed by atoms with Gasteiger partial charge >= 0.3 is 11.9 Å². The lowest BCUT2D eigenvalue weighted by molar-refractivity contribution is -0.145. The minimum absolute atomic E-state index is 0.0297. The lowest BCUT2D eigenvalue weighted by Crippen LogP contribution is -2.26. The Morgan fingerprint density at radius 1 is 0.900 bits per heavy atom. The zero-order valence-corrected chi connectivity index (χ0v) is 21.7. The standard InChI is InChI=1S/C30H26F2N2O6/c1-3-26(29(35)36)40-28-25(32)15-24(31)27(34-28)39-23-13-21(18-7-4-6-17(10-18)16-33)12-22(14-23)19-8-5-9-20(11-19)30(37)38-2/h4-15,26H,3,16,33H2,1-2H3,(H,35,36)/t26-/m1/s1. The Kier molecular flexibility index (Phi) is 8.70. The van der Waals surface area contributed by atoms with Crippen molar-refractivity contribution in [3.05, 3.63) is 95.6 Å². The van der Waals surface area contributed by atoms with Crippen LogP contribution < -0.4 is 15.2 Å². The first kappa shape index (κ1) is 28.2. The van der Waals surface area contributed by atoms with Gasteiger partial charge in [-0.25, -0.2) is 18.4 Å². The number of nitrogens with zero attached hydrogens (tertiary/aromatic N) is 1. The molecule has 40 heavy (non-hydrogen) atoms. The second kappa shape index (κ2) is 12.4. The average Bonchev–Trinajstić information content (AvgIpc) is 2.97. The van der Waals surface area contributed by atoms with E-state index in [9.17, 15) is 23.5 Å². The quantitative estimate of drug-likeness (QED) is 0.233. The molecular weight excluding hydrogens is 522 g/mol. The van der Waals surface area contributed by atoms with E-state index in [1.807, 2.05) is 30.3 Å². The number of hydrogen-bond acceptors (Lipinski definition) is 7. The Morgan fingerprint density at radius 3 is 2.17 bits per heavy atom. The zero-order chi connectivity index (χ0) is 28.8. The molecule has 0 aliphatic heterocycles. The highest BCUT2D eigenvalue weighted by Gasteiger charge is 2.23. The number of pyridine rings is 1. The highest BCUT2D eigenvalue weighted by atomic mass is 19.1. The Morgan fingerprint density at radius 2 is 1.55 bits per heavy atom. The summed E-state index contributed by atoms with van der Waals surface area (Å²) >= 11 is 0. The molecule has 10 heteroatoms. The Bertz CT molecular complexity index is 1560. The average molecular weight is 549 g/mol. The summed E-state index contributed by atoms with van der Waals surface area (Å²) in [6.45, 7) is 1.86. The fourth-order valence-corrected chi connectivity index (χ4v) is 3.96. The molecule has 0 aliphatic rings. The summed E-state index contributed by atoms with van der Waals surface area (Å²) in [6.07, 6.45) is -1.35. The molecule has 0 spiro atoms. The van der Waals surface area contributed by atoms with Crippen molar-refractivity contribution < 1.29 is 37.7 Å². The van der Waals surface area contributed by atoms with E-state index in [-0.39, 0.29) is 12.2 Å². The number of carboxylic acid groups (broad SMARTS) is 1. The molecule has 0 bridgehead atoms. The van der Waals surface area contributed by atoms with Gasteiger partial charge in [-0.15, -0.1) is 0 Å². The molecule has 0 saturated heterocycles. The number of hydrogen-bond donors (Lipinski definition) is 2. The van der Waals surface area contributed by atoms with Crippen molar-refractivity contribution in [2.24, 2.45) is 5.73 Å². The van der Waals surface area contributed by atoms with Crippen molar-refractivity contribution in [3.8, 4) is 39.8 Å². The number of carbonyl (C=O) groups excluding carboxylic acids is 1. The van der Waals surface area contributed by atoms with Crippen molar-refractivity contribution in [1.82, 2.24) is 4.98 Å². The predicted molar refractivity (Wildman–Crippen MR) is 143 cm³/mol. The number of ether oxygens (including phenoxy) is 3. The smallest absolute Gasteiger partial charge is 0.344 e. The van der Waals surface area contributed by atoms with Gasteiger partial charge in [0.15, 0.2) is 17.7 Å². The molecule has 1 aromatic heterocycles. The van der Waals surface area contributed by atoms with E-state index in [1.54, 1.807) is 43.3 Å². The van der Waals surface area contributed by atoms with E-state index in [2.05, 4.69) is 4.98 Å². The summed E-state index contributed by atoms with van der Waals surface area (Å²) in [5, 5.41) is 9.25. The Labute approximate surface area is 229 Å². The highest BCUT2D eigenvalue weighted by Crippen LogP contribution is 2.35. The van der Waals surface area contributed by atoms with Gasteiger partial charge in [-0.1, -0.05) is 37.3 Å². The van der Waals surface area contributed by atoms with Crippen LogP contribution in [-0.2, 0) is 16.1 Å². The lowest BCUT2D eigenvalue weighted by atomic mass is 9.96. The molecular formula is C30H26F2N2O6. The Hall–Kier alpha value is -4.83. The maximum Gasteiger partial charge on any atom is 0.344 e. The number of carbonyl (C=O) groups is 2. The topological polar surface area (TPSA) is 121 Å². The summed E-state index contributed by atoms with van der Waals surface area (Å²) in [5.41, 5.74) is 9.77. The van der Waals surface area contributed by atoms with Gasteiger partial charge in [0.2, 0.25) is 0 Å². The normalized spacial score (nSPS) is 11.5. The number of aliphatic carboxylic acids is 1. The van der Waals surface area contributed by atoms with Crippen molar-refractivity contribution in [3.63, 3.8) is 0 Å². The van der Waals surface area contributed by atoms with Gasteiger partial charge in [-0.05, 0) is 70.6 Å².